The van der Waals surface area contributed by atoms with Crippen LogP contribution in [-0.4, -0.2) is 35.7 Å². The van der Waals surface area contributed by atoms with E-state index in [1.165, 1.54) is 0 Å². The standard InChI is InChI=1S/C9H14N4O2/c1-10-5-4-7-12-8(13-15-7)9(14)11-6-2-3-6/h6,10H,2-5H2,1H3,(H,11,14). The molecule has 2 N–H and O–H groups in total. The molecule has 2 rings (SSSR count). The molecular formula is C9H14N4O2. The first-order chi connectivity index (χ1) is 7.29. The van der Waals surface area contributed by atoms with Crippen molar-refractivity contribution in [2.45, 2.75) is 25.3 Å². The molecule has 0 bridgehead atoms. The van der Waals surface area contributed by atoms with Gasteiger partial charge in [-0.1, -0.05) is 5.16 Å². The lowest BCUT2D eigenvalue weighted by Gasteiger charge is -1.95. The molecule has 1 aromatic rings. The summed E-state index contributed by atoms with van der Waals surface area (Å²) in [6.45, 7) is 0.756. The van der Waals surface area contributed by atoms with E-state index in [-0.39, 0.29) is 11.7 Å². The fourth-order valence-corrected chi connectivity index (χ4v) is 1.16. The summed E-state index contributed by atoms with van der Waals surface area (Å²) in [5, 5.41) is 9.39. The number of nitrogens with one attached hydrogen (secondary N) is 2. The minimum absolute atomic E-state index is 0.132. The van der Waals surface area contributed by atoms with Crippen molar-refractivity contribution in [2.75, 3.05) is 13.6 Å². The van der Waals surface area contributed by atoms with Crippen molar-refractivity contribution in [1.29, 1.82) is 0 Å². The molecule has 82 valence electrons. The van der Waals surface area contributed by atoms with Crippen molar-refractivity contribution >= 4 is 5.91 Å². The van der Waals surface area contributed by atoms with Gasteiger partial charge in [0.25, 0.3) is 11.7 Å². The largest absolute Gasteiger partial charge is 0.346 e. The van der Waals surface area contributed by atoms with Crippen molar-refractivity contribution in [2.24, 2.45) is 0 Å². The van der Waals surface area contributed by atoms with Gasteiger partial charge >= 0.3 is 0 Å². The summed E-state index contributed by atoms with van der Waals surface area (Å²) in [5.41, 5.74) is 0. The maximum Gasteiger partial charge on any atom is 0.292 e. The van der Waals surface area contributed by atoms with Crippen LogP contribution in [0.1, 0.15) is 29.4 Å². The zero-order chi connectivity index (χ0) is 10.7. The summed E-state index contributed by atoms with van der Waals surface area (Å²) in [7, 11) is 1.84. The quantitative estimate of drug-likeness (QED) is 0.699. The summed E-state index contributed by atoms with van der Waals surface area (Å²) in [4.78, 5) is 15.5. The van der Waals surface area contributed by atoms with Crippen molar-refractivity contribution < 1.29 is 9.32 Å². The van der Waals surface area contributed by atoms with Crippen molar-refractivity contribution in [1.82, 2.24) is 20.8 Å². The second-order valence-electron chi connectivity index (χ2n) is 3.61. The second kappa shape index (κ2) is 4.39. The smallest absolute Gasteiger partial charge is 0.292 e. The SMILES string of the molecule is CNCCc1nc(C(=O)NC2CC2)no1. The lowest BCUT2D eigenvalue weighted by atomic mass is 10.4. The molecule has 1 heterocycles. The van der Waals surface area contributed by atoms with E-state index < -0.39 is 0 Å². The molecule has 0 aliphatic heterocycles. The van der Waals surface area contributed by atoms with Crippen LogP contribution in [0.3, 0.4) is 0 Å². The van der Waals surface area contributed by atoms with E-state index in [9.17, 15) is 4.79 Å². The summed E-state index contributed by atoms with van der Waals surface area (Å²) in [6.07, 6.45) is 2.74. The molecule has 0 spiro atoms. The number of likely N-dealkylation sites (N-methyl/N-ethyl adjacent to an activating group) is 1. The van der Waals surface area contributed by atoms with E-state index in [2.05, 4.69) is 20.8 Å². The minimum Gasteiger partial charge on any atom is -0.346 e. The van der Waals surface area contributed by atoms with Crippen LogP contribution >= 0.6 is 0 Å². The van der Waals surface area contributed by atoms with Gasteiger partial charge in [-0.05, 0) is 19.9 Å². The molecule has 0 saturated heterocycles. The number of rotatable bonds is 5. The average molecular weight is 210 g/mol. The molecule has 0 aromatic carbocycles. The first-order valence-corrected chi connectivity index (χ1v) is 5.07. The Morgan fingerprint density at radius 3 is 3.07 bits per heavy atom. The lowest BCUT2D eigenvalue weighted by Crippen LogP contribution is -2.26. The zero-order valence-electron chi connectivity index (χ0n) is 8.62. The molecule has 1 amide bonds. The maximum atomic E-state index is 11.5. The Morgan fingerprint density at radius 1 is 1.60 bits per heavy atom. The van der Waals surface area contributed by atoms with Crippen LogP contribution in [0.4, 0.5) is 0 Å². The van der Waals surface area contributed by atoms with Gasteiger partial charge in [0.2, 0.25) is 5.89 Å². The van der Waals surface area contributed by atoms with Crippen LogP contribution in [0.2, 0.25) is 0 Å². The molecular weight excluding hydrogens is 196 g/mol. The van der Waals surface area contributed by atoms with Gasteiger partial charge in [0.15, 0.2) is 0 Å². The Bertz CT molecular complexity index is 346. The number of carbonyl (C=O) groups is 1. The number of amides is 1. The predicted molar refractivity (Wildman–Crippen MR) is 52.4 cm³/mol. The highest BCUT2D eigenvalue weighted by atomic mass is 16.5. The fourth-order valence-electron chi connectivity index (χ4n) is 1.16. The molecule has 1 saturated carbocycles. The number of carbonyl (C=O) groups excluding carboxylic acids is 1. The van der Waals surface area contributed by atoms with Crippen molar-refractivity contribution in [3.63, 3.8) is 0 Å². The number of aromatic nitrogens is 2. The van der Waals surface area contributed by atoms with Gasteiger partial charge in [-0.25, -0.2) is 0 Å². The average Bonchev–Trinajstić information content (AvgIpc) is 2.92. The van der Waals surface area contributed by atoms with E-state index in [1.807, 2.05) is 7.05 Å². The first-order valence-electron chi connectivity index (χ1n) is 5.07. The molecule has 6 nitrogen and oxygen atoms in total. The van der Waals surface area contributed by atoms with Crippen LogP contribution in [0.5, 0.6) is 0 Å². The Kier molecular flexibility index (Phi) is 2.96. The molecule has 1 aliphatic rings. The second-order valence-corrected chi connectivity index (χ2v) is 3.61. The van der Waals surface area contributed by atoms with Gasteiger partial charge in [0.05, 0.1) is 0 Å². The molecule has 15 heavy (non-hydrogen) atoms. The topological polar surface area (TPSA) is 80.0 Å². The Hall–Kier alpha value is -1.43. The molecule has 1 aliphatic carbocycles. The van der Waals surface area contributed by atoms with Crippen molar-refractivity contribution in [3.05, 3.63) is 11.7 Å². The third-order valence-electron chi connectivity index (χ3n) is 2.17. The third kappa shape index (κ3) is 2.76. The van der Waals surface area contributed by atoms with Gasteiger partial charge in [-0.15, -0.1) is 0 Å². The Labute approximate surface area is 87.4 Å². The first kappa shape index (κ1) is 10.1. The summed E-state index contributed by atoms with van der Waals surface area (Å²) in [6, 6.07) is 0.316. The lowest BCUT2D eigenvalue weighted by molar-refractivity contribution is 0.0937. The number of hydrogen-bond acceptors (Lipinski definition) is 5. The predicted octanol–water partition coefficient (Wildman–Crippen LogP) is -0.276. The van der Waals surface area contributed by atoms with Gasteiger partial charge in [-0.2, -0.15) is 4.98 Å². The van der Waals surface area contributed by atoms with Crippen LogP contribution < -0.4 is 10.6 Å². The van der Waals surface area contributed by atoms with Crippen LogP contribution in [0, 0.1) is 0 Å². The fraction of sp³-hybridized carbons (Fsp3) is 0.667. The van der Waals surface area contributed by atoms with Gasteiger partial charge in [-0.3, -0.25) is 4.79 Å². The highest BCUT2D eigenvalue weighted by Crippen LogP contribution is 2.18. The van der Waals surface area contributed by atoms with E-state index in [0.29, 0.717) is 18.4 Å². The highest BCUT2D eigenvalue weighted by molar-refractivity contribution is 5.90. The molecule has 0 atom stereocenters. The molecule has 6 heteroatoms. The van der Waals surface area contributed by atoms with E-state index in [1.54, 1.807) is 0 Å². The Balaban J connectivity index is 1.89. The summed E-state index contributed by atoms with van der Waals surface area (Å²) in [5.74, 6) is 0.384. The van der Waals surface area contributed by atoms with E-state index >= 15 is 0 Å². The van der Waals surface area contributed by atoms with Crippen LogP contribution in [0.25, 0.3) is 0 Å². The molecule has 1 aromatic heterocycles. The Morgan fingerprint density at radius 2 is 2.40 bits per heavy atom. The number of hydrogen-bond donors (Lipinski definition) is 2. The summed E-state index contributed by atoms with van der Waals surface area (Å²) < 4.78 is 4.93. The monoisotopic (exact) mass is 210 g/mol. The van der Waals surface area contributed by atoms with Gasteiger partial charge in [0.1, 0.15) is 0 Å². The van der Waals surface area contributed by atoms with E-state index in [4.69, 9.17) is 4.52 Å². The molecule has 1 fully saturated rings. The molecule has 0 radical (unpaired) electrons. The minimum atomic E-state index is -0.239. The van der Waals surface area contributed by atoms with Gasteiger partial charge in [0, 0.05) is 19.0 Å². The maximum absolute atomic E-state index is 11.5. The number of nitrogens with zero attached hydrogens (tertiary/aromatic N) is 2. The van der Waals surface area contributed by atoms with Gasteiger partial charge < -0.3 is 15.2 Å². The van der Waals surface area contributed by atoms with Crippen molar-refractivity contribution in [3.8, 4) is 0 Å². The third-order valence-corrected chi connectivity index (χ3v) is 2.17. The normalized spacial score (nSPS) is 15.3. The van der Waals surface area contributed by atoms with Crippen LogP contribution in [0.15, 0.2) is 4.52 Å². The van der Waals surface area contributed by atoms with Crippen LogP contribution in [-0.2, 0) is 6.42 Å². The molecule has 0 unspecified atom stereocenters. The zero-order valence-corrected chi connectivity index (χ0v) is 8.62. The highest BCUT2D eigenvalue weighted by Gasteiger charge is 2.25. The van der Waals surface area contributed by atoms with E-state index in [0.717, 1.165) is 19.4 Å². The summed E-state index contributed by atoms with van der Waals surface area (Å²) >= 11 is 0.